The van der Waals surface area contributed by atoms with Gasteiger partial charge in [0.25, 0.3) is 0 Å². The minimum atomic E-state index is 0.450. The van der Waals surface area contributed by atoms with E-state index in [1.165, 1.54) is 16.7 Å². The Balaban J connectivity index is 2.23. The third-order valence-corrected chi connectivity index (χ3v) is 3.50. The van der Waals surface area contributed by atoms with Crippen molar-refractivity contribution in [2.45, 2.75) is 40.2 Å². The Kier molecular flexibility index (Phi) is 5.40. The maximum absolute atomic E-state index is 6.14. The van der Waals surface area contributed by atoms with E-state index in [1.54, 1.807) is 0 Å². The maximum Gasteiger partial charge on any atom is 0.131 e. The lowest BCUT2D eigenvalue weighted by Crippen LogP contribution is -2.11. The van der Waals surface area contributed by atoms with Gasteiger partial charge in [-0.25, -0.2) is 0 Å². The van der Waals surface area contributed by atoms with Crippen molar-refractivity contribution in [2.24, 2.45) is 0 Å². The number of benzene rings is 2. The summed E-state index contributed by atoms with van der Waals surface area (Å²) in [6.45, 7) is 10.4. The lowest BCUT2D eigenvalue weighted by atomic mass is 10.0. The molecule has 1 N–H and O–H groups in total. The van der Waals surface area contributed by atoms with Crippen LogP contribution >= 0.6 is 0 Å². The smallest absolute Gasteiger partial charge is 0.131 e. The molecular formula is C19H25NO. The Hall–Kier alpha value is -1.80. The van der Waals surface area contributed by atoms with Gasteiger partial charge in [0.2, 0.25) is 0 Å². The minimum absolute atomic E-state index is 0.450. The first-order chi connectivity index (χ1) is 10.1. The molecule has 112 valence electrons. The molecule has 2 aromatic rings. The standard InChI is InChI=1S/C19H25NO/c1-5-20-13-16-7-6-8-17(12-16)21-19-11-15(4)9-10-18(19)14(2)3/h6-12,14,20H,5,13H2,1-4H3. The molecule has 0 aliphatic carbocycles. The van der Waals surface area contributed by atoms with Gasteiger partial charge in [-0.2, -0.15) is 0 Å². The lowest BCUT2D eigenvalue weighted by molar-refractivity contribution is 0.471. The molecule has 2 aromatic carbocycles. The second kappa shape index (κ2) is 7.28. The first kappa shape index (κ1) is 15.6. The monoisotopic (exact) mass is 283 g/mol. The van der Waals surface area contributed by atoms with Crippen LogP contribution in [0.4, 0.5) is 0 Å². The summed E-state index contributed by atoms with van der Waals surface area (Å²) in [5.74, 6) is 2.31. The summed E-state index contributed by atoms with van der Waals surface area (Å²) < 4.78 is 6.14. The van der Waals surface area contributed by atoms with Gasteiger partial charge in [-0.3, -0.25) is 0 Å². The highest BCUT2D eigenvalue weighted by atomic mass is 16.5. The van der Waals surface area contributed by atoms with Crippen LogP contribution in [-0.4, -0.2) is 6.54 Å². The van der Waals surface area contributed by atoms with Crippen molar-refractivity contribution in [2.75, 3.05) is 6.54 Å². The molecule has 0 fully saturated rings. The van der Waals surface area contributed by atoms with Crippen molar-refractivity contribution in [3.63, 3.8) is 0 Å². The van der Waals surface area contributed by atoms with Crippen LogP contribution in [0.1, 0.15) is 43.4 Å². The van der Waals surface area contributed by atoms with E-state index in [-0.39, 0.29) is 0 Å². The molecule has 0 aliphatic heterocycles. The molecule has 0 amide bonds. The lowest BCUT2D eigenvalue weighted by Gasteiger charge is -2.15. The van der Waals surface area contributed by atoms with Crippen LogP contribution in [0.5, 0.6) is 11.5 Å². The van der Waals surface area contributed by atoms with Crippen LogP contribution in [0.15, 0.2) is 42.5 Å². The third kappa shape index (κ3) is 4.33. The van der Waals surface area contributed by atoms with Crippen LogP contribution < -0.4 is 10.1 Å². The number of hydrogen-bond donors (Lipinski definition) is 1. The molecule has 0 atom stereocenters. The van der Waals surface area contributed by atoms with Gasteiger partial charge in [-0.05, 0) is 54.3 Å². The Morgan fingerprint density at radius 3 is 2.62 bits per heavy atom. The van der Waals surface area contributed by atoms with Crippen LogP contribution in [-0.2, 0) is 6.54 Å². The first-order valence-electron chi connectivity index (χ1n) is 7.68. The summed E-state index contributed by atoms with van der Waals surface area (Å²) >= 11 is 0. The van der Waals surface area contributed by atoms with Gasteiger partial charge in [-0.1, -0.05) is 45.0 Å². The molecule has 0 saturated heterocycles. The summed E-state index contributed by atoms with van der Waals surface area (Å²) in [5, 5.41) is 3.34. The fourth-order valence-electron chi connectivity index (χ4n) is 2.32. The molecule has 0 saturated carbocycles. The molecule has 2 heteroatoms. The SMILES string of the molecule is CCNCc1cccc(Oc2cc(C)ccc2C(C)C)c1. The predicted octanol–water partition coefficient (Wildman–Crippen LogP) is 5.02. The summed E-state index contributed by atoms with van der Waals surface area (Å²) in [7, 11) is 0. The van der Waals surface area contributed by atoms with Gasteiger partial charge in [0.05, 0.1) is 0 Å². The highest BCUT2D eigenvalue weighted by molar-refractivity contribution is 5.42. The van der Waals surface area contributed by atoms with E-state index in [9.17, 15) is 0 Å². The molecule has 2 rings (SSSR count). The van der Waals surface area contributed by atoms with E-state index in [0.29, 0.717) is 5.92 Å². The Bertz CT molecular complexity index is 590. The highest BCUT2D eigenvalue weighted by Crippen LogP contribution is 2.31. The van der Waals surface area contributed by atoms with Crippen LogP contribution in [0.3, 0.4) is 0 Å². The molecule has 0 aromatic heterocycles. The summed E-state index contributed by atoms with van der Waals surface area (Å²) in [6, 6.07) is 14.7. The van der Waals surface area contributed by atoms with E-state index in [2.05, 4.69) is 63.3 Å². The highest BCUT2D eigenvalue weighted by Gasteiger charge is 2.09. The molecule has 0 unspecified atom stereocenters. The largest absolute Gasteiger partial charge is 0.457 e. The summed E-state index contributed by atoms with van der Waals surface area (Å²) in [6.07, 6.45) is 0. The fraction of sp³-hybridized carbons (Fsp3) is 0.368. The van der Waals surface area contributed by atoms with Gasteiger partial charge in [-0.15, -0.1) is 0 Å². The Labute approximate surface area is 128 Å². The van der Waals surface area contributed by atoms with Crippen molar-refractivity contribution in [1.82, 2.24) is 5.32 Å². The number of nitrogens with one attached hydrogen (secondary N) is 1. The number of rotatable bonds is 6. The zero-order chi connectivity index (χ0) is 15.2. The van der Waals surface area contributed by atoms with Crippen LogP contribution in [0.2, 0.25) is 0 Å². The van der Waals surface area contributed by atoms with Crippen molar-refractivity contribution >= 4 is 0 Å². The summed E-state index contributed by atoms with van der Waals surface area (Å²) in [5.41, 5.74) is 3.71. The zero-order valence-corrected chi connectivity index (χ0v) is 13.4. The van der Waals surface area contributed by atoms with Gasteiger partial charge < -0.3 is 10.1 Å². The van der Waals surface area contributed by atoms with E-state index >= 15 is 0 Å². The first-order valence-corrected chi connectivity index (χ1v) is 7.68. The number of aryl methyl sites for hydroxylation is 1. The quantitative estimate of drug-likeness (QED) is 0.803. The van der Waals surface area contributed by atoms with E-state index < -0.39 is 0 Å². The molecule has 21 heavy (non-hydrogen) atoms. The average Bonchev–Trinajstić information content (AvgIpc) is 2.45. The number of ether oxygens (including phenoxy) is 1. The van der Waals surface area contributed by atoms with Crippen molar-refractivity contribution in [1.29, 1.82) is 0 Å². The normalized spacial score (nSPS) is 10.9. The van der Waals surface area contributed by atoms with E-state index in [0.717, 1.165) is 24.6 Å². The van der Waals surface area contributed by atoms with Crippen LogP contribution in [0, 0.1) is 6.92 Å². The van der Waals surface area contributed by atoms with Crippen molar-refractivity contribution < 1.29 is 4.74 Å². The molecule has 0 radical (unpaired) electrons. The summed E-state index contributed by atoms with van der Waals surface area (Å²) in [4.78, 5) is 0. The van der Waals surface area contributed by atoms with Gasteiger partial charge >= 0.3 is 0 Å². The molecular weight excluding hydrogens is 258 g/mol. The molecule has 0 spiro atoms. The predicted molar refractivity (Wildman–Crippen MR) is 89.2 cm³/mol. The van der Waals surface area contributed by atoms with E-state index in [4.69, 9.17) is 4.74 Å². The topological polar surface area (TPSA) is 21.3 Å². The molecule has 0 bridgehead atoms. The molecule has 2 nitrogen and oxygen atoms in total. The van der Waals surface area contributed by atoms with E-state index in [1.807, 2.05) is 12.1 Å². The Morgan fingerprint density at radius 2 is 1.90 bits per heavy atom. The van der Waals surface area contributed by atoms with Gasteiger partial charge in [0.15, 0.2) is 0 Å². The van der Waals surface area contributed by atoms with Gasteiger partial charge in [0, 0.05) is 6.54 Å². The molecule has 0 heterocycles. The maximum atomic E-state index is 6.14. The van der Waals surface area contributed by atoms with Crippen LogP contribution in [0.25, 0.3) is 0 Å². The van der Waals surface area contributed by atoms with Gasteiger partial charge in [0.1, 0.15) is 11.5 Å². The second-order valence-electron chi connectivity index (χ2n) is 5.73. The Morgan fingerprint density at radius 1 is 1.10 bits per heavy atom. The molecule has 0 aliphatic rings. The second-order valence-corrected chi connectivity index (χ2v) is 5.73. The fourth-order valence-corrected chi connectivity index (χ4v) is 2.32. The third-order valence-electron chi connectivity index (χ3n) is 3.50. The average molecular weight is 283 g/mol. The van der Waals surface area contributed by atoms with Crippen molar-refractivity contribution in [3.05, 3.63) is 59.2 Å². The number of hydrogen-bond acceptors (Lipinski definition) is 2. The zero-order valence-electron chi connectivity index (χ0n) is 13.4. The minimum Gasteiger partial charge on any atom is -0.457 e. The van der Waals surface area contributed by atoms with Crippen molar-refractivity contribution in [3.8, 4) is 11.5 Å².